The van der Waals surface area contributed by atoms with Gasteiger partial charge in [-0.2, -0.15) is 0 Å². The van der Waals surface area contributed by atoms with Gasteiger partial charge in [-0.15, -0.1) is 0 Å². The number of nitrogens with zero attached hydrogens (tertiary/aromatic N) is 2. The van der Waals surface area contributed by atoms with E-state index in [9.17, 15) is 9.59 Å². The summed E-state index contributed by atoms with van der Waals surface area (Å²) in [7, 11) is 1.59. The molecule has 1 fully saturated rings. The Bertz CT molecular complexity index is 1030. The van der Waals surface area contributed by atoms with Gasteiger partial charge in [0.1, 0.15) is 5.75 Å². The molecule has 5 nitrogen and oxygen atoms in total. The van der Waals surface area contributed by atoms with Gasteiger partial charge in [-0.25, -0.2) is 9.88 Å². The molecule has 2 heterocycles. The second-order valence-electron chi connectivity index (χ2n) is 6.57. The van der Waals surface area contributed by atoms with E-state index < -0.39 is 11.8 Å². The molecule has 0 spiro atoms. The van der Waals surface area contributed by atoms with Crippen molar-refractivity contribution in [2.24, 2.45) is 11.8 Å². The molecule has 138 valence electrons. The van der Waals surface area contributed by atoms with Gasteiger partial charge in [0, 0.05) is 17.0 Å². The van der Waals surface area contributed by atoms with E-state index in [1.54, 1.807) is 32.2 Å². The predicted molar refractivity (Wildman–Crippen MR) is 106 cm³/mol. The molecule has 27 heavy (non-hydrogen) atoms. The van der Waals surface area contributed by atoms with Gasteiger partial charge in [-0.1, -0.05) is 42.0 Å². The Morgan fingerprint density at radius 3 is 2.59 bits per heavy atom. The molecule has 0 saturated carbocycles. The number of hydrogen-bond donors (Lipinski definition) is 0. The second kappa shape index (κ2) is 6.94. The minimum absolute atomic E-state index is 0.200. The number of benzene rings is 2. The van der Waals surface area contributed by atoms with Crippen molar-refractivity contribution in [1.82, 2.24) is 4.98 Å². The Balaban J connectivity index is 1.64. The highest BCUT2D eigenvalue weighted by atomic mass is 35.5. The Hall–Kier alpha value is -2.44. The molecule has 0 bridgehead atoms. The van der Waals surface area contributed by atoms with E-state index in [1.165, 1.54) is 16.2 Å². The monoisotopic (exact) mass is 400 g/mol. The normalized spacial score (nSPS) is 19.9. The maximum atomic E-state index is 13.0. The number of carbonyl (C=O) groups is 2. The van der Waals surface area contributed by atoms with Crippen LogP contribution in [-0.4, -0.2) is 23.9 Å². The van der Waals surface area contributed by atoms with Gasteiger partial charge in [0.2, 0.25) is 11.8 Å². The molecule has 0 N–H and O–H groups in total. The number of ether oxygens (including phenoxy) is 1. The Labute approximate surface area is 165 Å². The number of amides is 2. The summed E-state index contributed by atoms with van der Waals surface area (Å²) >= 11 is 7.26. The van der Waals surface area contributed by atoms with Gasteiger partial charge in [-0.05, 0) is 36.2 Å². The minimum Gasteiger partial charge on any atom is -0.497 e. The van der Waals surface area contributed by atoms with E-state index in [4.69, 9.17) is 16.3 Å². The van der Waals surface area contributed by atoms with Crippen LogP contribution in [-0.2, 0) is 16.0 Å². The molecule has 2 amide bonds. The molecular formula is C20H17ClN2O3S. The number of aromatic nitrogens is 1. The third kappa shape index (κ3) is 3.19. The number of fused-ring (bicyclic) bond motifs is 1. The maximum absolute atomic E-state index is 13.0. The standard InChI is InChI=1S/C20H17ClN2O3S/c1-11-15(9-12-3-5-13(21)6-4-12)19(25)23(18(11)24)20-22-16-10-14(26-2)7-8-17(16)27-20/h3-8,10-11,15H,9H2,1-2H3/t11-,15+/m0/s1. The molecule has 0 aliphatic carbocycles. The number of thiazole rings is 1. The molecule has 2 aromatic carbocycles. The molecule has 1 saturated heterocycles. The molecule has 3 aromatic rings. The molecular weight excluding hydrogens is 384 g/mol. The van der Waals surface area contributed by atoms with Crippen LogP contribution in [0.5, 0.6) is 5.75 Å². The Kier molecular flexibility index (Phi) is 4.61. The Morgan fingerprint density at radius 2 is 1.89 bits per heavy atom. The summed E-state index contributed by atoms with van der Waals surface area (Å²) in [6.07, 6.45) is 0.498. The van der Waals surface area contributed by atoms with Gasteiger partial charge >= 0.3 is 0 Å². The van der Waals surface area contributed by atoms with E-state index >= 15 is 0 Å². The number of rotatable bonds is 4. The van der Waals surface area contributed by atoms with Crippen LogP contribution in [0.3, 0.4) is 0 Å². The van der Waals surface area contributed by atoms with Gasteiger partial charge in [0.15, 0.2) is 5.13 Å². The summed E-state index contributed by atoms with van der Waals surface area (Å²) in [4.78, 5) is 31.6. The van der Waals surface area contributed by atoms with Crippen molar-refractivity contribution in [3.05, 3.63) is 53.1 Å². The van der Waals surface area contributed by atoms with Crippen molar-refractivity contribution in [3.63, 3.8) is 0 Å². The van der Waals surface area contributed by atoms with Crippen LogP contribution in [0.4, 0.5) is 5.13 Å². The van der Waals surface area contributed by atoms with E-state index in [2.05, 4.69) is 4.98 Å². The van der Waals surface area contributed by atoms with Gasteiger partial charge < -0.3 is 4.74 Å². The summed E-state index contributed by atoms with van der Waals surface area (Å²) in [6, 6.07) is 12.9. The van der Waals surface area contributed by atoms with E-state index in [-0.39, 0.29) is 11.8 Å². The minimum atomic E-state index is -0.403. The third-order valence-corrected chi connectivity index (χ3v) is 6.17. The average Bonchev–Trinajstić information content (AvgIpc) is 3.17. The first-order valence-electron chi connectivity index (χ1n) is 8.55. The van der Waals surface area contributed by atoms with E-state index in [1.807, 2.05) is 24.3 Å². The molecule has 1 aliphatic heterocycles. The van der Waals surface area contributed by atoms with Crippen molar-refractivity contribution in [2.45, 2.75) is 13.3 Å². The quantitative estimate of drug-likeness (QED) is 0.612. The van der Waals surface area contributed by atoms with Crippen LogP contribution in [0.1, 0.15) is 12.5 Å². The number of hydrogen-bond acceptors (Lipinski definition) is 5. The first-order valence-corrected chi connectivity index (χ1v) is 9.74. The highest BCUT2D eigenvalue weighted by Crippen LogP contribution is 2.37. The van der Waals surface area contributed by atoms with Crippen molar-refractivity contribution in [3.8, 4) is 5.75 Å². The summed E-state index contributed by atoms with van der Waals surface area (Å²) in [6.45, 7) is 1.80. The molecule has 4 rings (SSSR count). The second-order valence-corrected chi connectivity index (χ2v) is 8.01. The largest absolute Gasteiger partial charge is 0.497 e. The summed E-state index contributed by atoms with van der Waals surface area (Å²) < 4.78 is 6.12. The predicted octanol–water partition coefficient (Wildman–Crippen LogP) is 4.33. The molecule has 7 heteroatoms. The number of imide groups is 1. The Morgan fingerprint density at radius 1 is 1.15 bits per heavy atom. The molecule has 0 radical (unpaired) electrons. The van der Waals surface area contributed by atoms with Gasteiger partial charge in [0.25, 0.3) is 0 Å². The lowest BCUT2D eigenvalue weighted by molar-refractivity contribution is -0.122. The first kappa shape index (κ1) is 17.9. The van der Waals surface area contributed by atoms with Crippen LogP contribution in [0.25, 0.3) is 10.2 Å². The zero-order chi connectivity index (χ0) is 19.1. The first-order chi connectivity index (χ1) is 13.0. The topological polar surface area (TPSA) is 59.5 Å². The fraction of sp³-hybridized carbons (Fsp3) is 0.250. The molecule has 2 atom stereocenters. The molecule has 1 aliphatic rings. The lowest BCUT2D eigenvalue weighted by atomic mass is 9.90. The van der Waals surface area contributed by atoms with E-state index in [0.717, 1.165) is 10.3 Å². The average molecular weight is 401 g/mol. The van der Waals surface area contributed by atoms with Crippen LogP contribution >= 0.6 is 22.9 Å². The third-order valence-electron chi connectivity index (χ3n) is 4.89. The van der Waals surface area contributed by atoms with Crippen molar-refractivity contribution < 1.29 is 14.3 Å². The smallest absolute Gasteiger partial charge is 0.239 e. The number of anilines is 1. The highest BCUT2D eigenvalue weighted by Gasteiger charge is 2.46. The number of halogens is 1. The van der Waals surface area contributed by atoms with Crippen LogP contribution in [0.2, 0.25) is 5.02 Å². The van der Waals surface area contributed by atoms with Crippen molar-refractivity contribution in [1.29, 1.82) is 0 Å². The van der Waals surface area contributed by atoms with Crippen molar-refractivity contribution in [2.75, 3.05) is 12.0 Å². The number of carbonyl (C=O) groups excluding carboxylic acids is 2. The fourth-order valence-corrected chi connectivity index (χ4v) is 4.39. The summed E-state index contributed by atoms with van der Waals surface area (Å²) in [5.41, 5.74) is 1.69. The lowest BCUT2D eigenvalue weighted by Crippen LogP contribution is -2.30. The van der Waals surface area contributed by atoms with Crippen LogP contribution in [0.15, 0.2) is 42.5 Å². The van der Waals surface area contributed by atoms with E-state index in [0.29, 0.717) is 27.8 Å². The summed E-state index contributed by atoms with van der Waals surface area (Å²) in [5.74, 6) is -0.513. The zero-order valence-electron chi connectivity index (χ0n) is 14.8. The zero-order valence-corrected chi connectivity index (χ0v) is 16.4. The molecule has 0 unspecified atom stereocenters. The van der Waals surface area contributed by atoms with Gasteiger partial charge in [0.05, 0.1) is 23.2 Å². The van der Waals surface area contributed by atoms with Gasteiger partial charge in [-0.3, -0.25) is 9.59 Å². The highest BCUT2D eigenvalue weighted by molar-refractivity contribution is 7.22. The summed E-state index contributed by atoms with van der Waals surface area (Å²) in [5, 5.41) is 1.06. The van der Waals surface area contributed by atoms with Crippen molar-refractivity contribution >= 4 is 50.1 Å². The number of methoxy groups -OCH3 is 1. The maximum Gasteiger partial charge on any atom is 0.239 e. The lowest BCUT2D eigenvalue weighted by Gasteiger charge is -2.12. The van der Waals surface area contributed by atoms with Crippen LogP contribution in [0, 0.1) is 11.8 Å². The van der Waals surface area contributed by atoms with Crippen LogP contribution < -0.4 is 9.64 Å². The molecule has 1 aromatic heterocycles. The SMILES string of the molecule is COc1ccc2sc(N3C(=O)[C@@H](C)[C@@H](Cc4ccc(Cl)cc4)C3=O)nc2c1. The fourth-order valence-electron chi connectivity index (χ4n) is 3.31.